The predicted octanol–water partition coefficient (Wildman–Crippen LogP) is 6.88. The van der Waals surface area contributed by atoms with Crippen LogP contribution in [0.3, 0.4) is 0 Å². The lowest BCUT2D eigenvalue weighted by molar-refractivity contribution is -0.0574. The molecule has 1 saturated heterocycles. The zero-order valence-electron chi connectivity index (χ0n) is 18.7. The summed E-state index contributed by atoms with van der Waals surface area (Å²) in [4.78, 5) is 0. The van der Waals surface area contributed by atoms with Crippen molar-refractivity contribution in [3.63, 3.8) is 0 Å². The van der Waals surface area contributed by atoms with Gasteiger partial charge >= 0.3 is 0 Å². The van der Waals surface area contributed by atoms with E-state index in [1.54, 1.807) is 0 Å². The van der Waals surface area contributed by atoms with E-state index in [-0.39, 0.29) is 17.8 Å². The minimum absolute atomic E-state index is 0.0248. The van der Waals surface area contributed by atoms with Crippen molar-refractivity contribution in [2.45, 2.75) is 91.8 Å². The highest BCUT2D eigenvalue weighted by Gasteiger charge is 2.23. The molecule has 28 heavy (non-hydrogen) atoms. The van der Waals surface area contributed by atoms with Gasteiger partial charge in [-0.3, -0.25) is 0 Å². The second-order valence-corrected chi connectivity index (χ2v) is 8.08. The summed E-state index contributed by atoms with van der Waals surface area (Å²) >= 11 is 0. The number of ether oxygens (including phenoxy) is 3. The van der Waals surface area contributed by atoms with Gasteiger partial charge in [-0.2, -0.15) is 0 Å². The molecule has 4 atom stereocenters. The zero-order chi connectivity index (χ0) is 21.1. The maximum absolute atomic E-state index is 14.5. The number of hydrogen-bond acceptors (Lipinski definition) is 3. The quantitative estimate of drug-likeness (QED) is 0.263. The molecule has 0 aromatic carbocycles. The fourth-order valence-corrected chi connectivity index (χ4v) is 3.69. The molecule has 0 radical (unpaired) electrons. The van der Waals surface area contributed by atoms with Gasteiger partial charge in [0.1, 0.15) is 5.76 Å². The van der Waals surface area contributed by atoms with Gasteiger partial charge in [-0.25, -0.2) is 8.78 Å². The van der Waals surface area contributed by atoms with E-state index in [1.807, 2.05) is 13.8 Å². The molecule has 1 heterocycles. The molecular weight excluding hydrogens is 362 g/mol. The van der Waals surface area contributed by atoms with Crippen molar-refractivity contribution < 1.29 is 23.0 Å². The second-order valence-electron chi connectivity index (χ2n) is 8.08. The lowest BCUT2D eigenvalue weighted by Gasteiger charge is -2.29. The van der Waals surface area contributed by atoms with E-state index in [1.165, 1.54) is 20.5 Å². The van der Waals surface area contributed by atoms with Crippen LogP contribution in [0.15, 0.2) is 23.0 Å². The van der Waals surface area contributed by atoms with Crippen molar-refractivity contribution >= 4 is 0 Å². The fraction of sp³-hybridized carbons (Fsp3) is 0.826. The van der Waals surface area contributed by atoms with Crippen molar-refractivity contribution in [3.8, 4) is 0 Å². The highest BCUT2D eigenvalue weighted by Crippen LogP contribution is 2.31. The van der Waals surface area contributed by atoms with Gasteiger partial charge in [-0.05, 0) is 63.9 Å². The molecule has 1 aliphatic heterocycles. The first kappa shape index (κ1) is 25.1. The maximum Gasteiger partial charge on any atom is 0.195 e. The van der Waals surface area contributed by atoms with Crippen LogP contribution in [0.1, 0.15) is 79.6 Å². The summed E-state index contributed by atoms with van der Waals surface area (Å²) in [7, 11) is 1.34. The Kier molecular flexibility index (Phi) is 11.9. The van der Waals surface area contributed by atoms with E-state index in [4.69, 9.17) is 14.2 Å². The van der Waals surface area contributed by atoms with E-state index in [0.29, 0.717) is 30.6 Å². The van der Waals surface area contributed by atoms with E-state index in [9.17, 15) is 8.78 Å². The Morgan fingerprint density at radius 3 is 2.36 bits per heavy atom. The smallest absolute Gasteiger partial charge is 0.195 e. The molecule has 1 rings (SSSR count). The standard InChI is InChI=1S/C23H40F2O3/c1-7-9-20-13-12-19(15-28-20)14-27-17(4)11-10-16(3)21(8-2)23(25)22(24)18(5)26-6/h16-17,19-20H,7-15H2,1-6H3/b22-18-,23-21-. The topological polar surface area (TPSA) is 27.7 Å². The summed E-state index contributed by atoms with van der Waals surface area (Å²) in [6.07, 6.45) is 7.17. The zero-order valence-corrected chi connectivity index (χ0v) is 18.7. The average Bonchev–Trinajstić information content (AvgIpc) is 2.71. The molecule has 5 heteroatoms. The largest absolute Gasteiger partial charge is 0.498 e. The van der Waals surface area contributed by atoms with Crippen LogP contribution in [0.25, 0.3) is 0 Å². The fourth-order valence-electron chi connectivity index (χ4n) is 3.69. The molecule has 0 spiro atoms. The Hall–Kier alpha value is -0.940. The molecular formula is C23H40F2O3. The van der Waals surface area contributed by atoms with E-state index in [2.05, 4.69) is 13.8 Å². The van der Waals surface area contributed by atoms with Crippen LogP contribution in [0.2, 0.25) is 0 Å². The summed E-state index contributed by atoms with van der Waals surface area (Å²) in [5, 5.41) is 0. The third-order valence-corrected chi connectivity index (χ3v) is 5.76. The number of rotatable bonds is 12. The van der Waals surface area contributed by atoms with Crippen LogP contribution in [-0.2, 0) is 14.2 Å². The highest BCUT2D eigenvalue weighted by atomic mass is 19.2. The van der Waals surface area contributed by atoms with Crippen LogP contribution in [-0.4, -0.2) is 32.5 Å². The minimum atomic E-state index is -0.894. The van der Waals surface area contributed by atoms with Crippen LogP contribution >= 0.6 is 0 Å². The molecule has 0 N–H and O–H groups in total. The molecule has 0 bridgehead atoms. The molecule has 1 fully saturated rings. The normalized spacial score (nSPS) is 24.3. The first-order valence-electron chi connectivity index (χ1n) is 10.9. The Morgan fingerprint density at radius 2 is 1.82 bits per heavy atom. The predicted molar refractivity (Wildman–Crippen MR) is 110 cm³/mol. The van der Waals surface area contributed by atoms with Gasteiger partial charge in [0.15, 0.2) is 11.7 Å². The molecule has 0 saturated carbocycles. The monoisotopic (exact) mass is 402 g/mol. The number of hydrogen-bond donors (Lipinski definition) is 0. The summed E-state index contributed by atoms with van der Waals surface area (Å²) < 4.78 is 45.3. The van der Waals surface area contributed by atoms with E-state index >= 15 is 0 Å². The Labute approximate surface area is 170 Å². The van der Waals surface area contributed by atoms with Crippen molar-refractivity contribution in [1.29, 1.82) is 0 Å². The molecule has 0 aliphatic carbocycles. The van der Waals surface area contributed by atoms with E-state index in [0.717, 1.165) is 38.7 Å². The van der Waals surface area contributed by atoms with Gasteiger partial charge in [0.05, 0.1) is 32.5 Å². The molecule has 3 nitrogen and oxygen atoms in total. The van der Waals surface area contributed by atoms with Gasteiger partial charge in [0, 0.05) is 5.92 Å². The lowest BCUT2D eigenvalue weighted by atomic mass is 9.91. The Bertz CT molecular complexity index is 508. The van der Waals surface area contributed by atoms with Crippen LogP contribution in [0.4, 0.5) is 8.78 Å². The summed E-state index contributed by atoms with van der Waals surface area (Å²) in [5.41, 5.74) is 0.503. The first-order chi connectivity index (χ1) is 13.3. The third kappa shape index (κ3) is 8.20. The minimum Gasteiger partial charge on any atom is -0.498 e. The summed E-state index contributed by atoms with van der Waals surface area (Å²) in [6.45, 7) is 11.0. The number of allylic oxidation sites excluding steroid dienone is 4. The molecule has 0 amide bonds. The highest BCUT2D eigenvalue weighted by molar-refractivity contribution is 5.28. The second kappa shape index (κ2) is 13.3. The van der Waals surface area contributed by atoms with Crippen molar-refractivity contribution in [1.82, 2.24) is 0 Å². The molecule has 1 aliphatic rings. The van der Waals surface area contributed by atoms with Gasteiger partial charge in [0.2, 0.25) is 0 Å². The van der Waals surface area contributed by atoms with Gasteiger partial charge in [-0.15, -0.1) is 0 Å². The van der Waals surface area contributed by atoms with Gasteiger partial charge in [-0.1, -0.05) is 27.2 Å². The number of halogens is 2. The first-order valence-corrected chi connectivity index (χ1v) is 10.9. The van der Waals surface area contributed by atoms with Crippen molar-refractivity contribution in [3.05, 3.63) is 23.0 Å². The van der Waals surface area contributed by atoms with Crippen LogP contribution < -0.4 is 0 Å². The molecule has 164 valence electrons. The summed E-state index contributed by atoms with van der Waals surface area (Å²) in [5.74, 6) is -1.27. The number of methoxy groups -OCH3 is 1. The molecule has 4 unspecified atom stereocenters. The van der Waals surface area contributed by atoms with E-state index < -0.39 is 11.7 Å². The molecule has 0 aromatic rings. The maximum atomic E-state index is 14.5. The van der Waals surface area contributed by atoms with Crippen molar-refractivity contribution in [2.24, 2.45) is 11.8 Å². The van der Waals surface area contributed by atoms with Crippen molar-refractivity contribution in [2.75, 3.05) is 20.3 Å². The van der Waals surface area contributed by atoms with Crippen LogP contribution in [0.5, 0.6) is 0 Å². The summed E-state index contributed by atoms with van der Waals surface area (Å²) in [6, 6.07) is 0. The third-order valence-electron chi connectivity index (χ3n) is 5.76. The van der Waals surface area contributed by atoms with Gasteiger partial charge < -0.3 is 14.2 Å². The SMILES string of the molecule is CCCC1CCC(COC(C)CCC(C)/C(CC)=C(F)/C(F)=C(\C)OC)CO1. The van der Waals surface area contributed by atoms with Gasteiger partial charge in [0.25, 0.3) is 0 Å². The average molecular weight is 403 g/mol. The Balaban J connectivity index is 2.43. The molecule has 0 aromatic heterocycles. The van der Waals surface area contributed by atoms with Crippen LogP contribution in [0, 0.1) is 11.8 Å². The Morgan fingerprint density at radius 1 is 1.11 bits per heavy atom. The lowest BCUT2D eigenvalue weighted by Crippen LogP contribution is -2.29.